The number of rotatable bonds is 3. The zero-order chi connectivity index (χ0) is 11.8. The van der Waals surface area contributed by atoms with Crippen LogP contribution in [0.2, 0.25) is 13.1 Å². The molecule has 16 heavy (non-hydrogen) atoms. The van der Waals surface area contributed by atoms with Crippen molar-refractivity contribution in [2.45, 2.75) is 32.0 Å². The van der Waals surface area contributed by atoms with Crippen molar-refractivity contribution in [1.82, 2.24) is 0 Å². The SMILES string of the molecule is C=C(Br)[Si](C)(C)OC1Cc2ccccc2C1. The average Bonchev–Trinajstić information content (AvgIpc) is 2.58. The Morgan fingerprint density at radius 3 is 2.25 bits per heavy atom. The topological polar surface area (TPSA) is 9.23 Å². The number of halogens is 1. The van der Waals surface area contributed by atoms with E-state index in [1.54, 1.807) is 0 Å². The van der Waals surface area contributed by atoms with Gasteiger partial charge in [-0.15, -0.1) is 0 Å². The van der Waals surface area contributed by atoms with Gasteiger partial charge < -0.3 is 4.43 Å². The first kappa shape index (κ1) is 12.1. The fraction of sp³-hybridized carbons (Fsp3) is 0.385. The highest BCUT2D eigenvalue weighted by atomic mass is 79.9. The molecule has 0 bridgehead atoms. The van der Waals surface area contributed by atoms with Crippen molar-refractivity contribution in [2.75, 3.05) is 0 Å². The Labute approximate surface area is 107 Å². The van der Waals surface area contributed by atoms with Crippen molar-refractivity contribution >= 4 is 24.2 Å². The third-order valence-corrected chi connectivity index (χ3v) is 8.22. The van der Waals surface area contributed by atoms with Crippen molar-refractivity contribution in [3.63, 3.8) is 0 Å². The molecule has 0 aliphatic heterocycles. The molecule has 3 heteroatoms. The van der Waals surface area contributed by atoms with Crippen LogP contribution in [0.4, 0.5) is 0 Å². The predicted octanol–water partition coefficient (Wildman–Crippen LogP) is 3.82. The maximum atomic E-state index is 6.24. The van der Waals surface area contributed by atoms with Crippen LogP contribution < -0.4 is 0 Å². The Hall–Kier alpha value is -0.383. The van der Waals surface area contributed by atoms with Crippen LogP contribution in [0.3, 0.4) is 0 Å². The first-order valence-corrected chi connectivity index (χ1v) is 9.28. The summed E-state index contributed by atoms with van der Waals surface area (Å²) in [5, 5.41) is 0. The van der Waals surface area contributed by atoms with E-state index in [1.807, 2.05) is 0 Å². The van der Waals surface area contributed by atoms with E-state index >= 15 is 0 Å². The molecule has 0 fully saturated rings. The molecule has 0 saturated heterocycles. The van der Waals surface area contributed by atoms with Crippen LogP contribution in [0.25, 0.3) is 0 Å². The predicted molar refractivity (Wildman–Crippen MR) is 74.3 cm³/mol. The molecule has 2 rings (SSSR count). The first-order chi connectivity index (χ1) is 7.49. The van der Waals surface area contributed by atoms with E-state index in [2.05, 4.69) is 59.9 Å². The second-order valence-corrected chi connectivity index (χ2v) is 10.4. The van der Waals surface area contributed by atoms with Gasteiger partial charge in [0.15, 0.2) is 0 Å². The number of hydrogen-bond donors (Lipinski definition) is 0. The van der Waals surface area contributed by atoms with E-state index < -0.39 is 8.32 Å². The molecule has 1 aliphatic rings. The molecule has 1 aliphatic carbocycles. The highest BCUT2D eigenvalue weighted by molar-refractivity contribution is 9.12. The second kappa shape index (κ2) is 4.47. The average molecular weight is 297 g/mol. The largest absolute Gasteiger partial charge is 0.409 e. The molecule has 1 nitrogen and oxygen atoms in total. The fourth-order valence-electron chi connectivity index (χ4n) is 2.08. The quantitative estimate of drug-likeness (QED) is 0.771. The van der Waals surface area contributed by atoms with Gasteiger partial charge in [0.05, 0.1) is 6.10 Å². The van der Waals surface area contributed by atoms with Crippen LogP contribution >= 0.6 is 15.9 Å². The molecule has 0 amide bonds. The summed E-state index contributed by atoms with van der Waals surface area (Å²) in [5.74, 6) is 0. The standard InChI is InChI=1S/C13H17BrOSi/c1-10(14)16(2,3)15-13-8-11-6-4-5-7-12(11)9-13/h4-7,13H,1,8-9H2,2-3H3. The molecule has 86 valence electrons. The molecular weight excluding hydrogens is 280 g/mol. The molecular formula is C13H17BrOSi. The van der Waals surface area contributed by atoms with Crippen molar-refractivity contribution in [1.29, 1.82) is 0 Å². The summed E-state index contributed by atoms with van der Waals surface area (Å²) >= 11 is 3.48. The van der Waals surface area contributed by atoms with E-state index in [9.17, 15) is 0 Å². The van der Waals surface area contributed by atoms with E-state index in [0.717, 1.165) is 16.9 Å². The van der Waals surface area contributed by atoms with Gasteiger partial charge in [0.25, 0.3) is 0 Å². The van der Waals surface area contributed by atoms with Gasteiger partial charge in [0.1, 0.15) is 0 Å². The smallest absolute Gasteiger partial charge is 0.224 e. The lowest BCUT2D eigenvalue weighted by Crippen LogP contribution is -2.36. The summed E-state index contributed by atoms with van der Waals surface area (Å²) in [6.45, 7) is 8.35. The molecule has 0 atom stereocenters. The van der Waals surface area contributed by atoms with Crippen LogP contribution in [0, 0.1) is 0 Å². The van der Waals surface area contributed by atoms with Crippen LogP contribution in [-0.4, -0.2) is 14.4 Å². The van der Waals surface area contributed by atoms with Gasteiger partial charge in [-0.05, 0) is 37.1 Å². The van der Waals surface area contributed by atoms with E-state index in [0.29, 0.717) is 6.10 Å². The fourth-order valence-corrected chi connectivity index (χ4v) is 3.49. The minimum Gasteiger partial charge on any atom is -0.409 e. The number of hydrogen-bond acceptors (Lipinski definition) is 1. The third-order valence-electron chi connectivity index (χ3n) is 3.13. The third kappa shape index (κ3) is 2.47. The zero-order valence-electron chi connectivity index (χ0n) is 9.79. The van der Waals surface area contributed by atoms with Gasteiger partial charge in [-0.2, -0.15) is 0 Å². The van der Waals surface area contributed by atoms with Crippen molar-refractivity contribution < 1.29 is 4.43 Å². The molecule has 0 N–H and O–H groups in total. The van der Waals surface area contributed by atoms with Gasteiger partial charge in [-0.1, -0.05) is 46.8 Å². The zero-order valence-corrected chi connectivity index (χ0v) is 12.4. The number of benzene rings is 1. The van der Waals surface area contributed by atoms with Crippen molar-refractivity contribution in [3.8, 4) is 0 Å². The van der Waals surface area contributed by atoms with E-state index in [4.69, 9.17) is 4.43 Å². The summed E-state index contributed by atoms with van der Waals surface area (Å²) in [6.07, 6.45) is 2.44. The maximum absolute atomic E-state index is 6.24. The van der Waals surface area contributed by atoms with E-state index in [-0.39, 0.29) is 0 Å². The van der Waals surface area contributed by atoms with Gasteiger partial charge in [0, 0.05) is 4.11 Å². The van der Waals surface area contributed by atoms with Gasteiger partial charge in [-0.25, -0.2) is 0 Å². The van der Waals surface area contributed by atoms with Crippen LogP contribution in [0.15, 0.2) is 35.0 Å². The summed E-state index contributed by atoms with van der Waals surface area (Å²) in [6, 6.07) is 8.62. The Balaban J connectivity index is 2.05. The normalized spacial score (nSPS) is 16.2. The lowest BCUT2D eigenvalue weighted by molar-refractivity contribution is 0.208. The monoisotopic (exact) mass is 296 g/mol. The Kier molecular flexibility index (Phi) is 3.38. The van der Waals surface area contributed by atoms with Crippen LogP contribution in [-0.2, 0) is 17.3 Å². The van der Waals surface area contributed by atoms with Gasteiger partial charge in [0.2, 0.25) is 8.32 Å². The van der Waals surface area contributed by atoms with Gasteiger partial charge >= 0.3 is 0 Å². The first-order valence-electron chi connectivity index (χ1n) is 5.58. The Morgan fingerprint density at radius 1 is 1.31 bits per heavy atom. The molecule has 0 radical (unpaired) electrons. The molecule has 0 heterocycles. The van der Waals surface area contributed by atoms with Crippen LogP contribution in [0.5, 0.6) is 0 Å². The second-order valence-electron chi connectivity index (χ2n) is 4.83. The molecule has 1 aromatic rings. The highest BCUT2D eigenvalue weighted by Crippen LogP contribution is 2.29. The lowest BCUT2D eigenvalue weighted by atomic mass is 10.1. The minimum absolute atomic E-state index is 0.341. The lowest BCUT2D eigenvalue weighted by Gasteiger charge is -2.26. The molecule has 0 saturated carbocycles. The molecule has 1 aromatic carbocycles. The summed E-state index contributed by atoms with van der Waals surface area (Å²) in [7, 11) is -1.76. The number of fused-ring (bicyclic) bond motifs is 1. The maximum Gasteiger partial charge on any atom is 0.224 e. The molecule has 0 aromatic heterocycles. The Morgan fingerprint density at radius 2 is 1.81 bits per heavy atom. The summed E-state index contributed by atoms with van der Waals surface area (Å²) < 4.78 is 7.27. The van der Waals surface area contributed by atoms with Crippen molar-refractivity contribution in [2.24, 2.45) is 0 Å². The Bertz CT molecular complexity index is 389. The molecule has 0 spiro atoms. The summed E-state index contributed by atoms with van der Waals surface area (Å²) in [4.78, 5) is 0. The van der Waals surface area contributed by atoms with E-state index in [1.165, 1.54) is 11.1 Å². The van der Waals surface area contributed by atoms with Gasteiger partial charge in [-0.3, -0.25) is 0 Å². The molecule has 0 unspecified atom stereocenters. The highest BCUT2D eigenvalue weighted by Gasteiger charge is 2.31. The summed E-state index contributed by atoms with van der Waals surface area (Å²) in [5.41, 5.74) is 2.88. The van der Waals surface area contributed by atoms with Crippen LogP contribution in [0.1, 0.15) is 11.1 Å². The minimum atomic E-state index is -1.76. The van der Waals surface area contributed by atoms with Crippen molar-refractivity contribution in [3.05, 3.63) is 46.1 Å².